The van der Waals surface area contributed by atoms with Crippen molar-refractivity contribution < 1.29 is 9.18 Å². The molecule has 1 amide bonds. The highest BCUT2D eigenvalue weighted by Gasteiger charge is 2.18. The number of hydrogen-bond acceptors (Lipinski definition) is 3. The largest absolute Gasteiger partial charge is 0.355 e. The van der Waals surface area contributed by atoms with Crippen molar-refractivity contribution in [1.29, 1.82) is 0 Å². The van der Waals surface area contributed by atoms with Gasteiger partial charge >= 0.3 is 0 Å². The Hall–Kier alpha value is -2.21. The second-order valence-electron chi connectivity index (χ2n) is 6.73. The zero-order valence-corrected chi connectivity index (χ0v) is 14.8. The van der Waals surface area contributed by atoms with Gasteiger partial charge in [-0.05, 0) is 70.0 Å². The fourth-order valence-corrected chi connectivity index (χ4v) is 3.34. The van der Waals surface area contributed by atoms with E-state index >= 15 is 0 Å². The second-order valence-corrected chi connectivity index (χ2v) is 6.73. The molecular formula is C19H25FN4O. The third-order valence-electron chi connectivity index (χ3n) is 4.84. The van der Waals surface area contributed by atoms with E-state index in [0.29, 0.717) is 12.3 Å². The molecule has 2 N–H and O–H groups in total. The van der Waals surface area contributed by atoms with Crippen molar-refractivity contribution in [1.82, 2.24) is 20.4 Å². The maximum Gasteiger partial charge on any atom is 0.224 e. The van der Waals surface area contributed by atoms with E-state index in [1.54, 1.807) is 16.8 Å². The zero-order chi connectivity index (χ0) is 17.8. The normalized spacial score (nSPS) is 17.5. The molecule has 1 aromatic heterocycles. The molecule has 3 rings (SSSR count). The van der Waals surface area contributed by atoms with Gasteiger partial charge in [-0.1, -0.05) is 0 Å². The molecule has 5 nitrogen and oxygen atoms in total. The lowest BCUT2D eigenvalue weighted by Gasteiger charge is -2.22. The predicted molar refractivity (Wildman–Crippen MR) is 95.3 cm³/mol. The number of piperidine rings is 1. The van der Waals surface area contributed by atoms with Crippen LogP contribution in [0.25, 0.3) is 5.69 Å². The number of aryl methyl sites for hydroxylation is 1. The number of nitrogens with zero attached hydrogens (tertiary/aromatic N) is 2. The Morgan fingerprint density at radius 3 is 2.80 bits per heavy atom. The molecule has 1 fully saturated rings. The number of carbonyl (C=O) groups excluding carboxylic acids is 1. The first kappa shape index (κ1) is 17.6. The maximum atomic E-state index is 13.1. The van der Waals surface area contributed by atoms with Crippen LogP contribution >= 0.6 is 0 Å². The van der Waals surface area contributed by atoms with Crippen LogP contribution in [-0.2, 0) is 11.2 Å². The minimum absolute atomic E-state index is 0.0235. The van der Waals surface area contributed by atoms with Gasteiger partial charge in [0.15, 0.2) is 0 Å². The van der Waals surface area contributed by atoms with E-state index < -0.39 is 0 Å². The van der Waals surface area contributed by atoms with Crippen molar-refractivity contribution in [2.45, 2.75) is 33.1 Å². The van der Waals surface area contributed by atoms with Crippen LogP contribution in [0.4, 0.5) is 4.39 Å². The molecule has 1 aliphatic heterocycles. The third kappa shape index (κ3) is 4.25. The van der Waals surface area contributed by atoms with Crippen LogP contribution in [-0.4, -0.2) is 35.3 Å². The van der Waals surface area contributed by atoms with Crippen molar-refractivity contribution in [3.63, 3.8) is 0 Å². The van der Waals surface area contributed by atoms with Gasteiger partial charge in [-0.3, -0.25) is 4.79 Å². The Kier molecular flexibility index (Phi) is 5.48. The first-order valence-electron chi connectivity index (χ1n) is 8.83. The van der Waals surface area contributed by atoms with Gasteiger partial charge in [0.1, 0.15) is 5.82 Å². The molecule has 1 aliphatic rings. The van der Waals surface area contributed by atoms with Crippen molar-refractivity contribution >= 4 is 5.91 Å². The standard InChI is InChI=1S/C19H25FN4O/c1-13-18(10-19(25)22-12-15-4-3-9-21-11-15)14(2)24(23-13)17-7-5-16(20)6-8-17/h5-8,15,21H,3-4,9-12H2,1-2H3,(H,22,25). The van der Waals surface area contributed by atoms with Crippen molar-refractivity contribution in [3.05, 3.63) is 47.0 Å². The molecule has 2 heterocycles. The Morgan fingerprint density at radius 1 is 1.36 bits per heavy atom. The zero-order valence-electron chi connectivity index (χ0n) is 14.8. The molecule has 0 bridgehead atoms. The summed E-state index contributed by atoms with van der Waals surface area (Å²) in [5.74, 6) is 0.263. The van der Waals surface area contributed by atoms with Crippen molar-refractivity contribution in [2.24, 2.45) is 5.92 Å². The van der Waals surface area contributed by atoms with Crippen LogP contribution in [0.3, 0.4) is 0 Å². The smallest absolute Gasteiger partial charge is 0.224 e. The van der Waals surface area contributed by atoms with E-state index in [0.717, 1.165) is 48.7 Å². The first-order chi connectivity index (χ1) is 12.0. The SMILES string of the molecule is Cc1nn(-c2ccc(F)cc2)c(C)c1CC(=O)NCC1CCCNC1. The molecule has 0 radical (unpaired) electrons. The number of nitrogens with one attached hydrogen (secondary N) is 2. The van der Waals surface area contributed by atoms with Gasteiger partial charge in [0, 0.05) is 17.8 Å². The Bertz CT molecular complexity index is 733. The summed E-state index contributed by atoms with van der Waals surface area (Å²) < 4.78 is 14.9. The van der Waals surface area contributed by atoms with Crippen molar-refractivity contribution in [3.8, 4) is 5.69 Å². The molecule has 1 aromatic carbocycles. The van der Waals surface area contributed by atoms with E-state index in [2.05, 4.69) is 15.7 Å². The molecule has 1 atom stereocenters. The number of benzene rings is 1. The summed E-state index contributed by atoms with van der Waals surface area (Å²) in [4.78, 5) is 12.3. The fourth-order valence-electron chi connectivity index (χ4n) is 3.34. The van der Waals surface area contributed by atoms with Crippen molar-refractivity contribution in [2.75, 3.05) is 19.6 Å². The van der Waals surface area contributed by atoms with Gasteiger partial charge in [-0.2, -0.15) is 5.10 Å². The van der Waals surface area contributed by atoms with Crippen LogP contribution < -0.4 is 10.6 Å². The molecule has 25 heavy (non-hydrogen) atoms. The van der Waals surface area contributed by atoms with E-state index in [4.69, 9.17) is 0 Å². The number of amides is 1. The minimum Gasteiger partial charge on any atom is -0.355 e. The Balaban J connectivity index is 1.66. The lowest BCUT2D eigenvalue weighted by Crippen LogP contribution is -2.38. The minimum atomic E-state index is -0.276. The monoisotopic (exact) mass is 344 g/mol. The van der Waals surface area contributed by atoms with Crippen LogP contribution in [0.1, 0.15) is 29.8 Å². The highest BCUT2D eigenvalue weighted by molar-refractivity contribution is 5.79. The Morgan fingerprint density at radius 2 is 2.12 bits per heavy atom. The lowest BCUT2D eigenvalue weighted by atomic mass is 9.99. The summed E-state index contributed by atoms with van der Waals surface area (Å²) in [6.45, 7) is 6.61. The lowest BCUT2D eigenvalue weighted by molar-refractivity contribution is -0.120. The first-order valence-corrected chi connectivity index (χ1v) is 8.83. The summed E-state index contributed by atoms with van der Waals surface area (Å²) >= 11 is 0. The maximum absolute atomic E-state index is 13.1. The van der Waals surface area contributed by atoms with E-state index in [-0.39, 0.29) is 11.7 Å². The van der Waals surface area contributed by atoms with Gasteiger partial charge in [0.2, 0.25) is 5.91 Å². The van der Waals surface area contributed by atoms with E-state index in [9.17, 15) is 9.18 Å². The third-order valence-corrected chi connectivity index (χ3v) is 4.84. The fraction of sp³-hybridized carbons (Fsp3) is 0.474. The highest BCUT2D eigenvalue weighted by Crippen LogP contribution is 2.19. The predicted octanol–water partition coefficient (Wildman–Crippen LogP) is 2.29. The molecule has 1 unspecified atom stereocenters. The van der Waals surface area contributed by atoms with Gasteiger partial charge in [-0.25, -0.2) is 9.07 Å². The molecule has 6 heteroatoms. The number of rotatable bonds is 5. The van der Waals surface area contributed by atoms with Crippen LogP contribution in [0.5, 0.6) is 0 Å². The van der Waals surface area contributed by atoms with Gasteiger partial charge in [0.05, 0.1) is 17.8 Å². The molecule has 134 valence electrons. The van der Waals surface area contributed by atoms with Gasteiger partial charge in [-0.15, -0.1) is 0 Å². The number of aromatic nitrogens is 2. The summed E-state index contributed by atoms with van der Waals surface area (Å²) in [7, 11) is 0. The number of carbonyl (C=O) groups is 1. The highest BCUT2D eigenvalue weighted by atomic mass is 19.1. The summed E-state index contributed by atoms with van der Waals surface area (Å²) in [5, 5.41) is 10.9. The quantitative estimate of drug-likeness (QED) is 0.875. The van der Waals surface area contributed by atoms with Crippen LogP contribution in [0.2, 0.25) is 0 Å². The molecular weight excluding hydrogens is 319 g/mol. The van der Waals surface area contributed by atoms with Crippen LogP contribution in [0.15, 0.2) is 24.3 Å². The molecule has 0 spiro atoms. The molecule has 1 saturated heterocycles. The van der Waals surface area contributed by atoms with Crippen LogP contribution in [0, 0.1) is 25.6 Å². The van der Waals surface area contributed by atoms with E-state index in [1.165, 1.54) is 18.6 Å². The molecule has 2 aromatic rings. The van der Waals surface area contributed by atoms with E-state index in [1.807, 2.05) is 13.8 Å². The molecule has 0 saturated carbocycles. The Labute approximate surface area is 147 Å². The average Bonchev–Trinajstić information content (AvgIpc) is 2.90. The topological polar surface area (TPSA) is 59.0 Å². The number of hydrogen-bond donors (Lipinski definition) is 2. The summed E-state index contributed by atoms with van der Waals surface area (Å²) in [6, 6.07) is 6.20. The molecule has 0 aliphatic carbocycles. The average molecular weight is 344 g/mol. The van der Waals surface area contributed by atoms with Gasteiger partial charge in [0.25, 0.3) is 0 Å². The second kappa shape index (κ2) is 7.78. The summed E-state index contributed by atoms with van der Waals surface area (Å²) in [6.07, 6.45) is 2.65. The van der Waals surface area contributed by atoms with Gasteiger partial charge < -0.3 is 10.6 Å². The summed E-state index contributed by atoms with van der Waals surface area (Å²) in [5.41, 5.74) is 3.47. The number of halogens is 1.